The summed E-state index contributed by atoms with van der Waals surface area (Å²) in [5.74, 6) is 0.428. The molecule has 0 radical (unpaired) electrons. The Morgan fingerprint density at radius 1 is 1.39 bits per heavy atom. The minimum Gasteiger partial charge on any atom is -0.475 e. The quantitative estimate of drug-likeness (QED) is 0.786. The Balaban J connectivity index is 1.99. The molecule has 23 heavy (non-hydrogen) atoms. The van der Waals surface area contributed by atoms with Gasteiger partial charge in [0.2, 0.25) is 11.2 Å². The summed E-state index contributed by atoms with van der Waals surface area (Å²) in [7, 11) is 0. The molecule has 2 heterocycles. The lowest BCUT2D eigenvalue weighted by Crippen LogP contribution is -2.48. The molecule has 1 fully saturated rings. The van der Waals surface area contributed by atoms with Gasteiger partial charge in [0, 0.05) is 18.3 Å². The molecule has 1 aliphatic rings. The van der Waals surface area contributed by atoms with Crippen LogP contribution in [0.3, 0.4) is 0 Å². The Bertz CT molecular complexity index is 540. The number of ether oxygens (including phenoxy) is 2. The van der Waals surface area contributed by atoms with Crippen molar-refractivity contribution in [2.75, 3.05) is 13.2 Å². The molecule has 1 saturated heterocycles. The molecular formula is C16H24ClN3O3. The maximum atomic E-state index is 12.3. The first kappa shape index (κ1) is 17.8. The van der Waals surface area contributed by atoms with Crippen molar-refractivity contribution in [1.29, 1.82) is 0 Å². The SMILES string of the molecule is Cc1cc(OCC2CCCCN2C(=O)OC(C)(C)C)nc(Cl)n1. The van der Waals surface area contributed by atoms with Crippen molar-refractivity contribution >= 4 is 17.7 Å². The Morgan fingerprint density at radius 3 is 2.78 bits per heavy atom. The van der Waals surface area contributed by atoms with E-state index in [1.165, 1.54) is 0 Å². The van der Waals surface area contributed by atoms with E-state index in [-0.39, 0.29) is 17.4 Å². The predicted molar refractivity (Wildman–Crippen MR) is 87.9 cm³/mol. The molecule has 0 saturated carbocycles. The molecule has 0 N–H and O–H groups in total. The van der Waals surface area contributed by atoms with E-state index in [2.05, 4.69) is 9.97 Å². The predicted octanol–water partition coefficient (Wildman–Crippen LogP) is 3.61. The Kier molecular flexibility index (Phi) is 5.68. The zero-order valence-electron chi connectivity index (χ0n) is 14.1. The number of hydrogen-bond donors (Lipinski definition) is 0. The van der Waals surface area contributed by atoms with Crippen molar-refractivity contribution in [1.82, 2.24) is 14.9 Å². The fourth-order valence-corrected chi connectivity index (χ4v) is 2.71. The number of rotatable bonds is 3. The van der Waals surface area contributed by atoms with Crippen molar-refractivity contribution in [3.8, 4) is 5.88 Å². The molecule has 1 atom stereocenters. The first-order chi connectivity index (χ1) is 10.7. The monoisotopic (exact) mass is 341 g/mol. The standard InChI is InChI=1S/C16H24ClN3O3/c1-11-9-13(19-14(17)18-11)22-10-12-7-5-6-8-20(12)15(21)23-16(2,3)4/h9,12H,5-8,10H2,1-4H3. The largest absolute Gasteiger partial charge is 0.475 e. The van der Waals surface area contributed by atoms with Crippen LogP contribution in [0.15, 0.2) is 6.07 Å². The number of carbonyl (C=O) groups excluding carboxylic acids is 1. The number of carbonyl (C=O) groups is 1. The van der Waals surface area contributed by atoms with Gasteiger partial charge in [-0.3, -0.25) is 0 Å². The smallest absolute Gasteiger partial charge is 0.410 e. The fraction of sp³-hybridized carbons (Fsp3) is 0.688. The lowest BCUT2D eigenvalue weighted by Gasteiger charge is -2.36. The number of hydrogen-bond acceptors (Lipinski definition) is 5. The molecule has 1 amide bonds. The van der Waals surface area contributed by atoms with Crippen LogP contribution in [0.5, 0.6) is 5.88 Å². The third-order valence-corrected chi connectivity index (χ3v) is 3.65. The van der Waals surface area contributed by atoms with Gasteiger partial charge >= 0.3 is 6.09 Å². The van der Waals surface area contributed by atoms with Crippen molar-refractivity contribution in [2.45, 2.75) is 58.6 Å². The second-order valence-corrected chi connectivity index (χ2v) is 7.09. The number of piperidine rings is 1. The number of nitrogens with zero attached hydrogens (tertiary/aromatic N) is 3. The molecule has 0 aliphatic carbocycles. The second-order valence-electron chi connectivity index (χ2n) is 6.75. The third-order valence-electron chi connectivity index (χ3n) is 3.48. The Labute approximate surface area is 142 Å². The lowest BCUT2D eigenvalue weighted by atomic mass is 10.0. The van der Waals surface area contributed by atoms with Gasteiger partial charge in [-0.2, -0.15) is 4.98 Å². The van der Waals surface area contributed by atoms with Gasteiger partial charge in [-0.15, -0.1) is 0 Å². The van der Waals surface area contributed by atoms with Crippen molar-refractivity contribution in [3.05, 3.63) is 17.0 Å². The summed E-state index contributed by atoms with van der Waals surface area (Å²) in [6.45, 7) is 8.48. The number of likely N-dealkylation sites (tertiary alicyclic amines) is 1. The number of aryl methyl sites for hydroxylation is 1. The summed E-state index contributed by atoms with van der Waals surface area (Å²) in [6.07, 6.45) is 2.64. The van der Waals surface area contributed by atoms with E-state index >= 15 is 0 Å². The van der Waals surface area contributed by atoms with Gasteiger partial charge in [-0.25, -0.2) is 9.78 Å². The van der Waals surface area contributed by atoms with Crippen LogP contribution in [0.1, 0.15) is 45.7 Å². The van der Waals surface area contributed by atoms with E-state index in [1.807, 2.05) is 27.7 Å². The number of amides is 1. The molecule has 1 aliphatic heterocycles. The van der Waals surface area contributed by atoms with E-state index < -0.39 is 5.60 Å². The lowest BCUT2D eigenvalue weighted by molar-refractivity contribution is 0.00333. The van der Waals surface area contributed by atoms with Gasteiger partial charge in [0.15, 0.2) is 0 Å². The molecular weight excluding hydrogens is 318 g/mol. The van der Waals surface area contributed by atoms with Gasteiger partial charge < -0.3 is 14.4 Å². The maximum Gasteiger partial charge on any atom is 0.410 e. The van der Waals surface area contributed by atoms with Gasteiger partial charge in [0.25, 0.3) is 0 Å². The highest BCUT2D eigenvalue weighted by molar-refractivity contribution is 6.28. The van der Waals surface area contributed by atoms with E-state index in [0.29, 0.717) is 19.0 Å². The minimum atomic E-state index is -0.503. The van der Waals surface area contributed by atoms with Crippen LogP contribution in [-0.2, 0) is 4.74 Å². The number of halogens is 1. The first-order valence-electron chi connectivity index (χ1n) is 7.88. The minimum absolute atomic E-state index is 0.0207. The van der Waals surface area contributed by atoms with E-state index in [9.17, 15) is 4.79 Å². The summed E-state index contributed by atoms with van der Waals surface area (Å²) in [4.78, 5) is 22.1. The van der Waals surface area contributed by atoms with Gasteiger partial charge in [-0.1, -0.05) is 0 Å². The molecule has 0 spiro atoms. The van der Waals surface area contributed by atoms with E-state index in [0.717, 1.165) is 25.0 Å². The van der Waals surface area contributed by atoms with Crippen LogP contribution in [0.25, 0.3) is 0 Å². The van der Waals surface area contributed by atoms with Crippen LogP contribution in [0, 0.1) is 6.92 Å². The third kappa shape index (κ3) is 5.53. The maximum absolute atomic E-state index is 12.3. The van der Waals surface area contributed by atoms with Gasteiger partial charge in [0.1, 0.15) is 12.2 Å². The van der Waals surface area contributed by atoms with Crippen LogP contribution >= 0.6 is 11.6 Å². The highest BCUT2D eigenvalue weighted by atomic mass is 35.5. The molecule has 2 rings (SSSR count). The van der Waals surface area contributed by atoms with E-state index in [4.69, 9.17) is 21.1 Å². The summed E-state index contributed by atoms with van der Waals surface area (Å²) in [5, 5.41) is 0.160. The average Bonchev–Trinajstić information content (AvgIpc) is 2.42. The molecule has 128 valence electrons. The van der Waals surface area contributed by atoms with Crippen LogP contribution in [0.4, 0.5) is 4.79 Å². The van der Waals surface area contributed by atoms with Crippen molar-refractivity contribution in [2.24, 2.45) is 0 Å². The normalized spacial score (nSPS) is 18.7. The van der Waals surface area contributed by atoms with Crippen molar-refractivity contribution < 1.29 is 14.3 Å². The molecule has 1 aromatic rings. The summed E-state index contributed by atoms with van der Waals surface area (Å²) in [6, 6.07) is 1.71. The Hall–Kier alpha value is -1.56. The Morgan fingerprint density at radius 2 is 2.13 bits per heavy atom. The van der Waals surface area contributed by atoms with Crippen LogP contribution < -0.4 is 4.74 Å². The second kappa shape index (κ2) is 7.34. The molecule has 7 heteroatoms. The van der Waals surface area contributed by atoms with Crippen LogP contribution in [-0.4, -0.2) is 45.8 Å². The van der Waals surface area contributed by atoms with E-state index in [1.54, 1.807) is 11.0 Å². The topological polar surface area (TPSA) is 64.5 Å². The highest BCUT2D eigenvalue weighted by Gasteiger charge is 2.31. The molecule has 1 unspecified atom stereocenters. The first-order valence-corrected chi connectivity index (χ1v) is 8.26. The summed E-state index contributed by atoms with van der Waals surface area (Å²) >= 11 is 5.84. The zero-order chi connectivity index (χ0) is 17.0. The number of aromatic nitrogens is 2. The van der Waals surface area contributed by atoms with Crippen LogP contribution in [0.2, 0.25) is 5.28 Å². The van der Waals surface area contributed by atoms with Gasteiger partial charge in [-0.05, 0) is 58.6 Å². The average molecular weight is 342 g/mol. The molecule has 1 aromatic heterocycles. The molecule has 0 bridgehead atoms. The van der Waals surface area contributed by atoms with Gasteiger partial charge in [0.05, 0.1) is 6.04 Å². The zero-order valence-corrected chi connectivity index (χ0v) is 14.9. The molecule has 6 nitrogen and oxygen atoms in total. The van der Waals surface area contributed by atoms with Crippen molar-refractivity contribution in [3.63, 3.8) is 0 Å². The summed E-state index contributed by atoms with van der Waals surface area (Å²) in [5.41, 5.74) is 0.240. The molecule has 0 aromatic carbocycles. The fourth-order valence-electron chi connectivity index (χ4n) is 2.49. The summed E-state index contributed by atoms with van der Waals surface area (Å²) < 4.78 is 11.2. The highest BCUT2D eigenvalue weighted by Crippen LogP contribution is 2.21.